The molecule has 3 N–H and O–H groups in total. The van der Waals surface area contributed by atoms with Gasteiger partial charge in [-0.3, -0.25) is 25.0 Å². The van der Waals surface area contributed by atoms with Crippen molar-refractivity contribution in [1.82, 2.24) is 15.5 Å². The predicted octanol–water partition coefficient (Wildman–Crippen LogP) is 6.39. The van der Waals surface area contributed by atoms with Crippen molar-refractivity contribution in [2.45, 2.75) is 63.2 Å². The second-order valence-electron chi connectivity index (χ2n) is 13.1. The number of ether oxygens (including phenoxy) is 1. The van der Waals surface area contributed by atoms with E-state index in [0.29, 0.717) is 18.7 Å². The van der Waals surface area contributed by atoms with Crippen LogP contribution in [-0.2, 0) is 20.7 Å². The topological polar surface area (TPSA) is 143 Å². The fraction of sp³-hybridized carbons (Fsp3) is 0.308. The van der Waals surface area contributed by atoms with Gasteiger partial charge in [0.25, 0.3) is 5.69 Å². The lowest BCUT2D eigenvalue weighted by Gasteiger charge is -2.48. The standard InChI is InChI=1S/C39H41N5O6/c1-26(41-38(47)50-25-34-32-16-8-6-14-30(32)31-15-7-9-17-33(31)34)37(46)43(39(2)22-10-11-23-40-39)35(24-27-12-4-3-5-13-27)36(45)42-28-18-20-29(21-19-28)44(48)49/h3-9,12-21,26,34-35,40H,10-11,22-25H2,1-2H3,(H,41,47)(H,42,45)/t26-,35-,39?/m0/s1. The van der Waals surface area contributed by atoms with E-state index in [-0.39, 0.29) is 24.6 Å². The maximum absolute atomic E-state index is 14.5. The molecule has 2 aliphatic rings. The zero-order chi connectivity index (χ0) is 35.3. The van der Waals surface area contributed by atoms with Crippen LogP contribution in [0.2, 0.25) is 0 Å². The summed E-state index contributed by atoms with van der Waals surface area (Å²) in [4.78, 5) is 54.3. The molecule has 1 saturated heterocycles. The Balaban J connectivity index is 1.23. The molecule has 0 spiro atoms. The summed E-state index contributed by atoms with van der Waals surface area (Å²) in [6.07, 6.45) is 1.81. The molecule has 1 heterocycles. The zero-order valence-electron chi connectivity index (χ0n) is 28.1. The van der Waals surface area contributed by atoms with Gasteiger partial charge in [0, 0.05) is 30.2 Å². The van der Waals surface area contributed by atoms with E-state index >= 15 is 0 Å². The molecule has 1 unspecified atom stereocenters. The minimum Gasteiger partial charge on any atom is -0.449 e. The fourth-order valence-corrected chi connectivity index (χ4v) is 7.10. The van der Waals surface area contributed by atoms with Gasteiger partial charge in [-0.05, 0) is 79.6 Å². The van der Waals surface area contributed by atoms with E-state index in [4.69, 9.17) is 4.74 Å². The predicted molar refractivity (Wildman–Crippen MR) is 190 cm³/mol. The van der Waals surface area contributed by atoms with Crippen molar-refractivity contribution in [3.05, 3.63) is 130 Å². The monoisotopic (exact) mass is 675 g/mol. The van der Waals surface area contributed by atoms with E-state index < -0.39 is 40.6 Å². The summed E-state index contributed by atoms with van der Waals surface area (Å²) < 4.78 is 5.76. The van der Waals surface area contributed by atoms with Crippen molar-refractivity contribution in [1.29, 1.82) is 0 Å². The highest BCUT2D eigenvalue weighted by Gasteiger charge is 2.45. The van der Waals surface area contributed by atoms with Crippen molar-refractivity contribution < 1.29 is 24.0 Å². The van der Waals surface area contributed by atoms with Gasteiger partial charge in [-0.1, -0.05) is 78.9 Å². The molecule has 3 atom stereocenters. The van der Waals surface area contributed by atoms with Gasteiger partial charge in [0.05, 0.1) is 10.6 Å². The summed E-state index contributed by atoms with van der Waals surface area (Å²) in [5.41, 5.74) is 4.57. The van der Waals surface area contributed by atoms with Crippen LogP contribution in [0.1, 0.15) is 55.7 Å². The van der Waals surface area contributed by atoms with Crippen molar-refractivity contribution in [2.75, 3.05) is 18.5 Å². The van der Waals surface area contributed by atoms with Crippen LogP contribution >= 0.6 is 0 Å². The van der Waals surface area contributed by atoms with Gasteiger partial charge in [-0.2, -0.15) is 0 Å². The Morgan fingerprint density at radius 2 is 1.54 bits per heavy atom. The third kappa shape index (κ3) is 7.37. The van der Waals surface area contributed by atoms with Crippen molar-refractivity contribution in [2.24, 2.45) is 0 Å². The molecule has 4 aromatic carbocycles. The second kappa shape index (κ2) is 14.9. The van der Waals surface area contributed by atoms with Gasteiger partial charge in [-0.15, -0.1) is 0 Å². The molecule has 11 heteroatoms. The molecule has 6 rings (SSSR count). The van der Waals surface area contributed by atoms with Gasteiger partial charge in [-0.25, -0.2) is 4.79 Å². The van der Waals surface area contributed by atoms with Crippen LogP contribution in [0.25, 0.3) is 11.1 Å². The first kappa shape index (κ1) is 34.3. The lowest BCUT2D eigenvalue weighted by Crippen LogP contribution is -2.68. The Labute approximate surface area is 291 Å². The van der Waals surface area contributed by atoms with Gasteiger partial charge in [0.2, 0.25) is 11.8 Å². The Bertz CT molecular complexity index is 1810. The Hall–Kier alpha value is -5.55. The van der Waals surface area contributed by atoms with Gasteiger partial charge in [0.1, 0.15) is 18.7 Å². The van der Waals surface area contributed by atoms with Crippen LogP contribution in [0.15, 0.2) is 103 Å². The number of anilines is 1. The Morgan fingerprint density at radius 3 is 2.14 bits per heavy atom. The van der Waals surface area contributed by atoms with E-state index in [1.54, 1.807) is 11.8 Å². The number of carbonyl (C=O) groups is 3. The third-order valence-corrected chi connectivity index (χ3v) is 9.65. The number of rotatable bonds is 11. The molecule has 1 aliphatic carbocycles. The number of non-ortho nitro benzene ring substituents is 1. The molecule has 11 nitrogen and oxygen atoms in total. The maximum atomic E-state index is 14.5. The van der Waals surface area contributed by atoms with Crippen molar-refractivity contribution in [3.63, 3.8) is 0 Å². The Kier molecular flexibility index (Phi) is 10.2. The quantitative estimate of drug-likeness (QED) is 0.124. The number of nitro groups is 1. The molecule has 4 aromatic rings. The highest BCUT2D eigenvalue weighted by molar-refractivity contribution is 5.98. The second-order valence-corrected chi connectivity index (χ2v) is 13.1. The minimum atomic E-state index is -1.03. The molecule has 0 aromatic heterocycles. The first-order valence-corrected chi connectivity index (χ1v) is 16.9. The molecule has 258 valence electrons. The zero-order valence-corrected chi connectivity index (χ0v) is 28.1. The first-order valence-electron chi connectivity index (χ1n) is 16.9. The number of piperidine rings is 1. The summed E-state index contributed by atoms with van der Waals surface area (Å²) >= 11 is 0. The van der Waals surface area contributed by atoms with Crippen LogP contribution in [-0.4, -0.2) is 58.6 Å². The number of hydrogen-bond acceptors (Lipinski definition) is 7. The number of alkyl carbamates (subject to hydrolysis) is 1. The average molecular weight is 676 g/mol. The summed E-state index contributed by atoms with van der Waals surface area (Å²) in [7, 11) is 0. The van der Waals surface area contributed by atoms with Crippen molar-refractivity contribution in [3.8, 4) is 11.1 Å². The largest absolute Gasteiger partial charge is 0.449 e. The van der Waals surface area contributed by atoms with Gasteiger partial charge >= 0.3 is 6.09 Å². The van der Waals surface area contributed by atoms with E-state index in [1.165, 1.54) is 24.3 Å². The fourth-order valence-electron chi connectivity index (χ4n) is 7.10. The van der Waals surface area contributed by atoms with Crippen molar-refractivity contribution >= 4 is 29.3 Å². The molecular weight excluding hydrogens is 634 g/mol. The molecule has 50 heavy (non-hydrogen) atoms. The molecule has 1 fully saturated rings. The number of nitro benzene ring substituents is 1. The van der Waals surface area contributed by atoms with E-state index in [0.717, 1.165) is 40.7 Å². The highest BCUT2D eigenvalue weighted by Crippen LogP contribution is 2.44. The van der Waals surface area contributed by atoms with Crippen LogP contribution in [0.4, 0.5) is 16.2 Å². The molecule has 0 radical (unpaired) electrons. The lowest BCUT2D eigenvalue weighted by molar-refractivity contribution is -0.384. The smallest absolute Gasteiger partial charge is 0.407 e. The molecule has 1 aliphatic heterocycles. The van der Waals surface area contributed by atoms with Crippen LogP contribution in [0.3, 0.4) is 0 Å². The first-order chi connectivity index (χ1) is 24.1. The maximum Gasteiger partial charge on any atom is 0.407 e. The summed E-state index contributed by atoms with van der Waals surface area (Å²) in [5.74, 6) is -1.05. The van der Waals surface area contributed by atoms with E-state index in [9.17, 15) is 24.5 Å². The van der Waals surface area contributed by atoms with Gasteiger partial charge in [0.15, 0.2) is 0 Å². The number of carbonyl (C=O) groups excluding carboxylic acids is 3. The van der Waals surface area contributed by atoms with Crippen LogP contribution in [0.5, 0.6) is 0 Å². The number of amides is 3. The number of nitrogens with one attached hydrogen (secondary N) is 3. The minimum absolute atomic E-state index is 0.0953. The molecular formula is C39H41N5O6. The molecule has 0 bridgehead atoms. The van der Waals surface area contributed by atoms with E-state index in [1.807, 2.05) is 73.7 Å². The van der Waals surface area contributed by atoms with Crippen LogP contribution in [0, 0.1) is 10.1 Å². The number of fused-ring (bicyclic) bond motifs is 3. The van der Waals surface area contributed by atoms with Gasteiger partial charge < -0.3 is 20.3 Å². The van der Waals surface area contributed by atoms with E-state index in [2.05, 4.69) is 28.1 Å². The summed E-state index contributed by atoms with van der Waals surface area (Å²) in [6, 6.07) is 29.0. The normalized spacial score (nSPS) is 17.8. The highest BCUT2D eigenvalue weighted by atomic mass is 16.6. The summed E-state index contributed by atoms with van der Waals surface area (Å²) in [5, 5.41) is 20.3. The Morgan fingerprint density at radius 1 is 0.920 bits per heavy atom. The summed E-state index contributed by atoms with van der Waals surface area (Å²) in [6.45, 7) is 4.24. The molecule has 0 saturated carbocycles. The number of nitrogens with zero attached hydrogens (tertiary/aromatic N) is 2. The van der Waals surface area contributed by atoms with Crippen LogP contribution < -0.4 is 16.0 Å². The number of hydrogen-bond donors (Lipinski definition) is 3. The molecule has 3 amide bonds. The SMILES string of the molecule is C[C@H](NC(=O)OCC1c2ccccc2-c2ccccc21)C(=O)N([C@@H](Cc1ccccc1)C(=O)Nc1ccc([N+](=O)[O-])cc1)C1(C)CCCCN1. The lowest BCUT2D eigenvalue weighted by atomic mass is 9.92. The average Bonchev–Trinajstić information content (AvgIpc) is 3.44. The third-order valence-electron chi connectivity index (χ3n) is 9.65. The number of benzene rings is 4.